The number of hydrazone groups is 1. The van der Waals surface area contributed by atoms with Crippen LogP contribution in [-0.4, -0.2) is 36.8 Å². The Morgan fingerprint density at radius 1 is 1.06 bits per heavy atom. The number of nitrogens with zero attached hydrogens (tertiary/aromatic N) is 2. The first-order valence-corrected chi connectivity index (χ1v) is 10.2. The molecule has 3 N–H and O–H groups in total. The third-order valence-electron chi connectivity index (χ3n) is 4.42. The molecule has 2 aromatic rings. The summed E-state index contributed by atoms with van der Waals surface area (Å²) < 4.78 is 14.5. The predicted octanol–water partition coefficient (Wildman–Crippen LogP) is 4.38. The molecule has 0 fully saturated rings. The Labute approximate surface area is 190 Å². The summed E-state index contributed by atoms with van der Waals surface area (Å²) in [5.74, 6) is -1.19. The molecule has 0 heterocycles. The normalized spacial score (nSPS) is 15.3. The van der Waals surface area contributed by atoms with Crippen molar-refractivity contribution < 1.29 is 14.0 Å². The lowest BCUT2D eigenvalue weighted by Gasteiger charge is -2.21. The molecule has 32 heavy (non-hydrogen) atoms. The van der Waals surface area contributed by atoms with Crippen molar-refractivity contribution in [1.29, 1.82) is 0 Å². The van der Waals surface area contributed by atoms with Crippen molar-refractivity contribution in [2.45, 2.75) is 12.5 Å². The van der Waals surface area contributed by atoms with Crippen LogP contribution in [0.2, 0.25) is 5.02 Å². The van der Waals surface area contributed by atoms with Crippen LogP contribution in [-0.2, 0) is 4.79 Å². The highest BCUT2D eigenvalue weighted by atomic mass is 35.5. The van der Waals surface area contributed by atoms with Crippen molar-refractivity contribution in [2.24, 2.45) is 5.10 Å². The van der Waals surface area contributed by atoms with Gasteiger partial charge in [0, 0.05) is 31.2 Å². The topological polar surface area (TPSA) is 85.8 Å². The third kappa shape index (κ3) is 6.42. The Bertz CT molecular complexity index is 1070. The second-order valence-electron chi connectivity index (χ2n) is 7.19. The minimum atomic E-state index is -1.05. The summed E-state index contributed by atoms with van der Waals surface area (Å²) in [6.45, 7) is 0. The first-order valence-electron chi connectivity index (χ1n) is 9.83. The van der Waals surface area contributed by atoms with Gasteiger partial charge in [-0.05, 0) is 35.9 Å². The van der Waals surface area contributed by atoms with Gasteiger partial charge in [-0.1, -0.05) is 48.0 Å². The van der Waals surface area contributed by atoms with Crippen molar-refractivity contribution in [3.8, 4) is 0 Å². The van der Waals surface area contributed by atoms with Gasteiger partial charge in [0.15, 0.2) is 0 Å². The van der Waals surface area contributed by atoms with Crippen molar-refractivity contribution in [1.82, 2.24) is 15.6 Å². The molecule has 0 bridgehead atoms. The average molecular weight is 456 g/mol. The Morgan fingerprint density at radius 2 is 1.75 bits per heavy atom. The number of hydrogen-bond donors (Lipinski definition) is 3. The van der Waals surface area contributed by atoms with Gasteiger partial charge in [0.05, 0.1) is 11.4 Å². The molecule has 0 aromatic heterocycles. The smallest absolute Gasteiger partial charge is 0.320 e. The standard InChI is InChI=1S/C23H23ClFN5O2/c1-30(2)29-18-12-13-20(19(25)14-18)27-22(31)21(15-6-4-3-5-7-15)28-23(32)26-17-10-8-16(24)9-11-17/h3-11,13-14,21H,12H2,1-2H3,(H,27,31)(H2,26,28,32). The van der Waals surface area contributed by atoms with Crippen LogP contribution in [0, 0.1) is 0 Å². The van der Waals surface area contributed by atoms with E-state index in [1.807, 2.05) is 0 Å². The molecule has 0 saturated carbocycles. The first kappa shape index (κ1) is 23.0. The number of carbonyl (C=O) groups is 2. The lowest BCUT2D eigenvalue weighted by atomic mass is 10.0. The molecular formula is C23H23ClFN5O2. The molecule has 1 aliphatic carbocycles. The number of halogens is 2. The number of carbonyl (C=O) groups excluding carboxylic acids is 2. The van der Waals surface area contributed by atoms with E-state index in [1.54, 1.807) is 79.8 Å². The average Bonchev–Trinajstić information content (AvgIpc) is 2.75. The highest BCUT2D eigenvalue weighted by molar-refractivity contribution is 6.30. The second kappa shape index (κ2) is 10.6. The largest absolute Gasteiger partial charge is 0.322 e. The maximum Gasteiger partial charge on any atom is 0.320 e. The first-order chi connectivity index (χ1) is 15.3. The number of rotatable bonds is 6. The molecular weight excluding hydrogens is 433 g/mol. The van der Waals surface area contributed by atoms with Crippen molar-refractivity contribution in [3.63, 3.8) is 0 Å². The lowest BCUT2D eigenvalue weighted by molar-refractivity contribution is -0.122. The number of hydrogen-bond acceptors (Lipinski definition) is 4. The molecule has 3 rings (SSSR count). The maximum absolute atomic E-state index is 14.5. The van der Waals surface area contributed by atoms with Crippen LogP contribution in [0.1, 0.15) is 18.0 Å². The zero-order valence-corrected chi connectivity index (χ0v) is 18.4. The summed E-state index contributed by atoms with van der Waals surface area (Å²) in [5, 5.41) is 14.1. The Kier molecular flexibility index (Phi) is 7.62. The monoisotopic (exact) mass is 455 g/mol. The predicted molar refractivity (Wildman–Crippen MR) is 124 cm³/mol. The Hall–Kier alpha value is -3.65. The fraction of sp³-hybridized carbons (Fsp3) is 0.174. The minimum absolute atomic E-state index is 0.0357. The summed E-state index contributed by atoms with van der Waals surface area (Å²) in [6, 6.07) is 13.6. The van der Waals surface area contributed by atoms with E-state index in [0.29, 0.717) is 28.4 Å². The molecule has 1 unspecified atom stereocenters. The summed E-state index contributed by atoms with van der Waals surface area (Å²) in [4.78, 5) is 25.5. The van der Waals surface area contributed by atoms with Crippen LogP contribution in [0.25, 0.3) is 0 Å². The number of anilines is 1. The number of amides is 3. The van der Waals surface area contributed by atoms with E-state index in [2.05, 4.69) is 21.1 Å². The van der Waals surface area contributed by atoms with Gasteiger partial charge in [-0.3, -0.25) is 4.79 Å². The van der Waals surface area contributed by atoms with Crippen LogP contribution in [0.15, 0.2) is 83.4 Å². The molecule has 0 saturated heterocycles. The summed E-state index contributed by atoms with van der Waals surface area (Å²) >= 11 is 5.86. The zero-order valence-electron chi connectivity index (χ0n) is 17.6. The van der Waals surface area contributed by atoms with Crippen LogP contribution >= 0.6 is 11.6 Å². The van der Waals surface area contributed by atoms with Crippen molar-refractivity contribution >= 4 is 34.9 Å². The van der Waals surface area contributed by atoms with Crippen LogP contribution in [0.5, 0.6) is 0 Å². The van der Waals surface area contributed by atoms with Gasteiger partial charge in [0.25, 0.3) is 5.91 Å². The van der Waals surface area contributed by atoms with Gasteiger partial charge in [0.1, 0.15) is 11.9 Å². The molecule has 0 radical (unpaired) electrons. The SMILES string of the molecule is CN(C)N=C1C=C(F)C(NC(=O)C(NC(=O)Nc2ccc(Cl)cc2)c2ccccc2)=CC1. The van der Waals surface area contributed by atoms with Crippen molar-refractivity contribution in [2.75, 3.05) is 19.4 Å². The van der Waals surface area contributed by atoms with E-state index in [1.165, 1.54) is 6.08 Å². The molecule has 7 nitrogen and oxygen atoms in total. The Balaban J connectivity index is 1.74. The van der Waals surface area contributed by atoms with E-state index in [4.69, 9.17) is 11.6 Å². The highest BCUT2D eigenvalue weighted by Crippen LogP contribution is 2.20. The fourth-order valence-electron chi connectivity index (χ4n) is 3.01. The summed E-state index contributed by atoms with van der Waals surface area (Å²) in [5.41, 5.74) is 1.63. The van der Waals surface area contributed by atoms with Gasteiger partial charge in [-0.15, -0.1) is 0 Å². The quantitative estimate of drug-likeness (QED) is 0.565. The highest BCUT2D eigenvalue weighted by Gasteiger charge is 2.25. The van der Waals surface area contributed by atoms with Gasteiger partial charge in [0.2, 0.25) is 0 Å². The van der Waals surface area contributed by atoms with Gasteiger partial charge in [-0.2, -0.15) is 5.10 Å². The lowest BCUT2D eigenvalue weighted by Crippen LogP contribution is -2.42. The third-order valence-corrected chi connectivity index (χ3v) is 4.68. The molecule has 9 heteroatoms. The summed E-state index contributed by atoms with van der Waals surface area (Å²) in [6.07, 6.45) is 3.18. The van der Waals surface area contributed by atoms with Crippen LogP contribution in [0.3, 0.4) is 0 Å². The molecule has 1 aliphatic rings. The van der Waals surface area contributed by atoms with E-state index in [-0.39, 0.29) is 5.70 Å². The van der Waals surface area contributed by atoms with E-state index < -0.39 is 23.8 Å². The van der Waals surface area contributed by atoms with E-state index in [9.17, 15) is 14.0 Å². The molecule has 1 atom stereocenters. The van der Waals surface area contributed by atoms with Crippen LogP contribution < -0.4 is 16.0 Å². The zero-order chi connectivity index (χ0) is 23.1. The maximum atomic E-state index is 14.5. The number of benzene rings is 2. The molecule has 166 valence electrons. The van der Waals surface area contributed by atoms with Gasteiger partial charge in [-0.25, -0.2) is 9.18 Å². The van der Waals surface area contributed by atoms with Crippen LogP contribution in [0.4, 0.5) is 14.9 Å². The molecule has 0 spiro atoms. The minimum Gasteiger partial charge on any atom is -0.322 e. The molecule has 0 aliphatic heterocycles. The number of urea groups is 1. The van der Waals surface area contributed by atoms with E-state index in [0.717, 1.165) is 0 Å². The summed E-state index contributed by atoms with van der Waals surface area (Å²) in [7, 11) is 3.48. The fourth-order valence-corrected chi connectivity index (χ4v) is 3.13. The van der Waals surface area contributed by atoms with Crippen molar-refractivity contribution in [3.05, 3.63) is 88.9 Å². The Morgan fingerprint density at radius 3 is 2.38 bits per heavy atom. The number of allylic oxidation sites excluding steroid dienone is 3. The molecule has 3 amide bonds. The van der Waals surface area contributed by atoms with Gasteiger partial charge >= 0.3 is 6.03 Å². The van der Waals surface area contributed by atoms with Gasteiger partial charge < -0.3 is 21.0 Å². The molecule has 2 aromatic carbocycles. The number of nitrogens with one attached hydrogen (secondary N) is 3. The van der Waals surface area contributed by atoms with E-state index >= 15 is 0 Å². The second-order valence-corrected chi connectivity index (χ2v) is 7.63.